The standard InChI is InChI=1S/C15H17FN4O5S2/c16-13-3-1-2-4-14(13)26(21,22)19-18-15-6-5-12(11-17-15)27(23,24)20-7-9-25-10-8-20/h1-6,11,19H,7-10H2,(H,17,18). The Balaban J connectivity index is 1.70. The van der Waals surface area contributed by atoms with Crippen molar-refractivity contribution in [3.63, 3.8) is 0 Å². The molecule has 0 saturated carbocycles. The van der Waals surface area contributed by atoms with Crippen LogP contribution in [0.5, 0.6) is 0 Å². The fraction of sp³-hybridized carbons (Fsp3) is 0.267. The second-order valence-corrected chi connectivity index (χ2v) is 9.15. The van der Waals surface area contributed by atoms with E-state index in [9.17, 15) is 21.2 Å². The normalized spacial score (nSPS) is 16.2. The lowest BCUT2D eigenvalue weighted by Crippen LogP contribution is -2.40. The molecule has 2 N–H and O–H groups in total. The third-order valence-electron chi connectivity index (χ3n) is 3.78. The Hall–Kier alpha value is -2.12. The smallest absolute Gasteiger partial charge is 0.260 e. The van der Waals surface area contributed by atoms with Crippen molar-refractivity contribution in [1.29, 1.82) is 0 Å². The number of morpholine rings is 1. The number of benzene rings is 1. The van der Waals surface area contributed by atoms with Gasteiger partial charge in [0.2, 0.25) is 10.0 Å². The molecule has 1 aromatic carbocycles. The maximum absolute atomic E-state index is 13.6. The number of halogens is 1. The van der Waals surface area contributed by atoms with E-state index in [4.69, 9.17) is 4.74 Å². The summed E-state index contributed by atoms with van der Waals surface area (Å²) in [6.45, 7) is 1.16. The van der Waals surface area contributed by atoms with Gasteiger partial charge in [-0.1, -0.05) is 12.1 Å². The monoisotopic (exact) mass is 416 g/mol. The average molecular weight is 416 g/mol. The van der Waals surface area contributed by atoms with E-state index in [1.54, 1.807) is 0 Å². The van der Waals surface area contributed by atoms with Crippen LogP contribution in [-0.2, 0) is 24.8 Å². The summed E-state index contributed by atoms with van der Waals surface area (Å²) in [5.74, 6) is -0.845. The highest BCUT2D eigenvalue weighted by Crippen LogP contribution is 2.18. The summed E-state index contributed by atoms with van der Waals surface area (Å²) in [5.41, 5.74) is 2.32. The van der Waals surface area contributed by atoms with Gasteiger partial charge in [0.1, 0.15) is 21.4 Å². The number of ether oxygens (including phenoxy) is 1. The van der Waals surface area contributed by atoms with Gasteiger partial charge in [-0.3, -0.25) is 5.43 Å². The van der Waals surface area contributed by atoms with Crippen molar-refractivity contribution in [1.82, 2.24) is 14.1 Å². The lowest BCUT2D eigenvalue weighted by Gasteiger charge is -2.25. The van der Waals surface area contributed by atoms with E-state index in [0.29, 0.717) is 13.2 Å². The van der Waals surface area contributed by atoms with Gasteiger partial charge < -0.3 is 4.74 Å². The summed E-state index contributed by atoms with van der Waals surface area (Å²) in [4.78, 5) is 5.34. The van der Waals surface area contributed by atoms with Gasteiger partial charge in [-0.2, -0.15) is 4.31 Å². The molecule has 1 aliphatic heterocycles. The van der Waals surface area contributed by atoms with E-state index in [0.717, 1.165) is 18.3 Å². The molecule has 0 atom stereocenters. The maximum atomic E-state index is 13.6. The largest absolute Gasteiger partial charge is 0.379 e. The summed E-state index contributed by atoms with van der Waals surface area (Å²) in [6, 6.07) is 7.51. The highest BCUT2D eigenvalue weighted by Gasteiger charge is 2.26. The molecule has 0 radical (unpaired) electrons. The van der Waals surface area contributed by atoms with Gasteiger partial charge >= 0.3 is 0 Å². The molecule has 1 aromatic heterocycles. The molecule has 2 aromatic rings. The second kappa shape index (κ2) is 7.86. The van der Waals surface area contributed by atoms with Crippen LogP contribution in [0.2, 0.25) is 0 Å². The summed E-state index contributed by atoms with van der Waals surface area (Å²) in [5, 5.41) is 0. The molecule has 0 amide bonds. The van der Waals surface area contributed by atoms with E-state index in [2.05, 4.69) is 10.4 Å². The zero-order chi connectivity index (χ0) is 19.5. The van der Waals surface area contributed by atoms with Gasteiger partial charge in [-0.05, 0) is 24.3 Å². The first kappa shape index (κ1) is 19.6. The number of rotatable bonds is 6. The molecule has 0 unspecified atom stereocenters. The maximum Gasteiger partial charge on any atom is 0.260 e. The molecule has 0 bridgehead atoms. The Bertz CT molecular complexity index is 1010. The highest BCUT2D eigenvalue weighted by molar-refractivity contribution is 7.89. The topological polar surface area (TPSA) is 118 Å². The third-order valence-corrected chi connectivity index (χ3v) is 6.95. The minimum atomic E-state index is -4.16. The molecule has 3 rings (SSSR count). The molecule has 1 fully saturated rings. The Morgan fingerprint density at radius 3 is 2.37 bits per heavy atom. The Labute approximate surface area is 156 Å². The molecule has 2 heterocycles. The first-order valence-corrected chi connectivity index (χ1v) is 10.8. The number of nitrogens with one attached hydrogen (secondary N) is 2. The van der Waals surface area contributed by atoms with Gasteiger partial charge in [-0.15, -0.1) is 4.83 Å². The SMILES string of the molecule is O=S(=O)(NNc1ccc(S(=O)(=O)N2CCOCC2)cn1)c1ccccc1F. The molecular weight excluding hydrogens is 399 g/mol. The van der Waals surface area contributed by atoms with Crippen LogP contribution in [0, 0.1) is 5.82 Å². The van der Waals surface area contributed by atoms with E-state index < -0.39 is 30.8 Å². The molecule has 1 aliphatic rings. The Morgan fingerprint density at radius 1 is 1.04 bits per heavy atom. The number of hydrazine groups is 1. The van der Waals surface area contributed by atoms with E-state index >= 15 is 0 Å². The van der Waals surface area contributed by atoms with E-state index in [1.807, 2.05) is 4.83 Å². The molecule has 0 spiro atoms. The summed E-state index contributed by atoms with van der Waals surface area (Å²) in [6.07, 6.45) is 1.12. The predicted octanol–water partition coefficient (Wildman–Crippen LogP) is 0.547. The number of nitrogens with zero attached hydrogens (tertiary/aromatic N) is 2. The van der Waals surface area contributed by atoms with Gasteiger partial charge in [-0.25, -0.2) is 26.2 Å². The number of aromatic nitrogens is 1. The van der Waals surface area contributed by atoms with Crippen LogP contribution in [-0.4, -0.2) is 52.4 Å². The molecule has 146 valence electrons. The van der Waals surface area contributed by atoms with Crippen molar-refractivity contribution in [2.75, 3.05) is 31.7 Å². The Kier molecular flexibility index (Phi) is 5.72. The summed E-state index contributed by atoms with van der Waals surface area (Å²) in [7, 11) is -7.86. The summed E-state index contributed by atoms with van der Waals surface area (Å²) < 4.78 is 69.3. The molecular formula is C15H17FN4O5S2. The van der Waals surface area contributed by atoms with Crippen molar-refractivity contribution < 1.29 is 26.0 Å². The molecule has 27 heavy (non-hydrogen) atoms. The van der Waals surface area contributed by atoms with E-state index in [1.165, 1.54) is 28.6 Å². The first-order chi connectivity index (χ1) is 12.8. The quantitative estimate of drug-likeness (QED) is 0.660. The highest BCUT2D eigenvalue weighted by atomic mass is 32.2. The number of sulfonamides is 2. The van der Waals surface area contributed by atoms with Crippen LogP contribution >= 0.6 is 0 Å². The number of hydrogen-bond donors (Lipinski definition) is 2. The van der Waals surface area contributed by atoms with Crippen LogP contribution in [0.3, 0.4) is 0 Å². The lowest BCUT2D eigenvalue weighted by molar-refractivity contribution is 0.0730. The van der Waals surface area contributed by atoms with Gasteiger partial charge in [0.05, 0.1) is 13.2 Å². The van der Waals surface area contributed by atoms with Crippen molar-refractivity contribution in [2.45, 2.75) is 9.79 Å². The number of anilines is 1. The zero-order valence-electron chi connectivity index (χ0n) is 14.0. The van der Waals surface area contributed by atoms with E-state index in [-0.39, 0.29) is 23.8 Å². The first-order valence-electron chi connectivity index (χ1n) is 7.87. The van der Waals surface area contributed by atoms with Crippen molar-refractivity contribution >= 4 is 25.9 Å². The number of hydrogen-bond acceptors (Lipinski definition) is 7. The van der Waals surface area contributed by atoms with Crippen molar-refractivity contribution in [3.05, 3.63) is 48.4 Å². The minimum absolute atomic E-state index is 0.0214. The average Bonchev–Trinajstić information content (AvgIpc) is 2.68. The molecule has 1 saturated heterocycles. The predicted molar refractivity (Wildman–Crippen MR) is 94.2 cm³/mol. The van der Waals surface area contributed by atoms with Gasteiger partial charge in [0, 0.05) is 19.3 Å². The third kappa shape index (κ3) is 4.42. The van der Waals surface area contributed by atoms with Gasteiger partial charge in [0.15, 0.2) is 0 Å². The minimum Gasteiger partial charge on any atom is -0.379 e. The lowest BCUT2D eigenvalue weighted by atomic mass is 10.4. The van der Waals surface area contributed by atoms with Crippen LogP contribution in [0.1, 0.15) is 0 Å². The molecule has 12 heteroatoms. The fourth-order valence-corrected chi connectivity index (χ4v) is 4.67. The van der Waals surface area contributed by atoms with Crippen LogP contribution in [0.4, 0.5) is 10.2 Å². The Morgan fingerprint density at radius 2 is 1.74 bits per heavy atom. The van der Waals surface area contributed by atoms with Crippen LogP contribution < -0.4 is 10.3 Å². The molecule has 0 aliphatic carbocycles. The van der Waals surface area contributed by atoms with Crippen molar-refractivity contribution in [2.24, 2.45) is 0 Å². The summed E-state index contributed by atoms with van der Waals surface area (Å²) >= 11 is 0. The van der Waals surface area contributed by atoms with Crippen LogP contribution in [0.15, 0.2) is 52.4 Å². The second-order valence-electron chi connectivity index (χ2n) is 5.56. The molecule has 9 nitrogen and oxygen atoms in total. The van der Waals surface area contributed by atoms with Crippen LogP contribution in [0.25, 0.3) is 0 Å². The van der Waals surface area contributed by atoms with Gasteiger partial charge in [0.25, 0.3) is 10.0 Å². The number of pyridine rings is 1. The fourth-order valence-electron chi connectivity index (χ4n) is 2.38. The zero-order valence-corrected chi connectivity index (χ0v) is 15.6. The van der Waals surface area contributed by atoms with Crippen molar-refractivity contribution in [3.8, 4) is 0 Å².